The van der Waals surface area contributed by atoms with Crippen LogP contribution in [-0.4, -0.2) is 28.4 Å². The predicted molar refractivity (Wildman–Crippen MR) is 43.3 cm³/mol. The molecule has 2 N–H and O–H groups in total. The summed E-state index contributed by atoms with van der Waals surface area (Å²) >= 11 is 0. The summed E-state index contributed by atoms with van der Waals surface area (Å²) in [6.45, 7) is 0. The summed E-state index contributed by atoms with van der Waals surface area (Å²) < 4.78 is 0. The van der Waals surface area contributed by atoms with Gasteiger partial charge in [0.25, 0.3) is 0 Å². The fourth-order valence-corrected chi connectivity index (χ4v) is 0.890. The molecule has 0 saturated heterocycles. The first-order chi connectivity index (χ1) is 6.07. The molecule has 0 bridgehead atoms. The molecule has 5 heteroatoms. The van der Waals surface area contributed by atoms with Crippen LogP contribution in [0.3, 0.4) is 0 Å². The summed E-state index contributed by atoms with van der Waals surface area (Å²) in [4.78, 5) is 30.5. The van der Waals surface area contributed by atoms with Crippen LogP contribution in [0.25, 0.3) is 0 Å². The number of carboxylic acids is 2. The molecule has 74 valence electrons. The van der Waals surface area contributed by atoms with Crippen LogP contribution in [0, 0.1) is 5.92 Å². The van der Waals surface area contributed by atoms with Gasteiger partial charge < -0.3 is 15.0 Å². The molecule has 0 heterocycles. The van der Waals surface area contributed by atoms with Crippen LogP contribution in [0.1, 0.15) is 25.7 Å². The van der Waals surface area contributed by atoms with Gasteiger partial charge in [-0.2, -0.15) is 0 Å². The van der Waals surface area contributed by atoms with Crippen LogP contribution in [0.4, 0.5) is 0 Å². The van der Waals surface area contributed by atoms with Gasteiger partial charge in [-0.1, -0.05) is 6.42 Å². The topological polar surface area (TPSA) is 91.7 Å². The lowest BCUT2D eigenvalue weighted by Crippen LogP contribution is -2.14. The lowest BCUT2D eigenvalue weighted by Gasteiger charge is -2.02. The lowest BCUT2D eigenvalue weighted by atomic mass is 10.0. The Bertz CT molecular complexity index is 199. The Balaban J connectivity index is 3.55. The molecule has 0 aliphatic rings. The van der Waals surface area contributed by atoms with Crippen LogP contribution in [-0.2, 0) is 14.4 Å². The van der Waals surface area contributed by atoms with E-state index >= 15 is 0 Å². The van der Waals surface area contributed by atoms with Crippen LogP contribution >= 0.6 is 0 Å². The van der Waals surface area contributed by atoms with Crippen molar-refractivity contribution in [3.05, 3.63) is 0 Å². The molecule has 0 aromatic rings. The Labute approximate surface area is 75.4 Å². The van der Waals surface area contributed by atoms with Crippen molar-refractivity contribution >= 4 is 18.2 Å². The van der Waals surface area contributed by atoms with Gasteiger partial charge in [0, 0.05) is 6.42 Å². The minimum atomic E-state index is -1.15. The van der Waals surface area contributed by atoms with E-state index in [0.717, 1.165) is 0 Å². The number of hydrogen-bond donors (Lipinski definition) is 2. The molecule has 0 spiro atoms. The first-order valence-electron chi connectivity index (χ1n) is 3.97. The maximum Gasteiger partial charge on any atom is 0.313 e. The zero-order valence-corrected chi connectivity index (χ0v) is 7.10. The number of carbonyl (C=O) groups is 3. The van der Waals surface area contributed by atoms with E-state index in [1.54, 1.807) is 0 Å². The normalized spacial score (nSPS) is 12.0. The monoisotopic (exact) mass is 188 g/mol. The Morgan fingerprint density at radius 1 is 1.23 bits per heavy atom. The molecule has 5 nitrogen and oxygen atoms in total. The van der Waals surface area contributed by atoms with Gasteiger partial charge in [0.1, 0.15) is 12.2 Å². The average molecular weight is 188 g/mol. The van der Waals surface area contributed by atoms with Gasteiger partial charge in [-0.3, -0.25) is 9.59 Å². The zero-order chi connectivity index (χ0) is 10.3. The molecule has 0 saturated carbocycles. The van der Waals surface area contributed by atoms with Gasteiger partial charge in [0.15, 0.2) is 0 Å². The number of carbonyl (C=O) groups excluding carboxylic acids is 1. The van der Waals surface area contributed by atoms with E-state index in [2.05, 4.69) is 0 Å². The largest absolute Gasteiger partial charge is 0.481 e. The summed E-state index contributed by atoms with van der Waals surface area (Å²) in [5.74, 6) is -3.04. The Kier molecular flexibility index (Phi) is 5.50. The van der Waals surface area contributed by atoms with E-state index in [-0.39, 0.29) is 12.8 Å². The molecular formula is C8H12O5. The number of aldehydes is 1. The smallest absolute Gasteiger partial charge is 0.313 e. The van der Waals surface area contributed by atoms with Gasteiger partial charge in [-0.05, 0) is 12.8 Å². The number of carboxylic acid groups (broad SMARTS) is 2. The summed E-state index contributed by atoms with van der Waals surface area (Å²) in [5, 5.41) is 16.7. The average Bonchev–Trinajstić information content (AvgIpc) is 2.03. The maximum absolute atomic E-state index is 10.3. The Hall–Kier alpha value is -1.39. The molecule has 0 aromatic carbocycles. The van der Waals surface area contributed by atoms with E-state index in [1.165, 1.54) is 0 Å². The highest BCUT2D eigenvalue weighted by molar-refractivity contribution is 5.86. The third-order valence-corrected chi connectivity index (χ3v) is 1.64. The number of unbranched alkanes of at least 4 members (excludes halogenated alkanes) is 1. The molecule has 0 amide bonds. The maximum atomic E-state index is 10.3. The van der Waals surface area contributed by atoms with Crippen molar-refractivity contribution in [2.45, 2.75) is 25.7 Å². The first-order valence-corrected chi connectivity index (χ1v) is 3.97. The standard InChI is InChI=1S/C8H12O5/c9-5-6(8(12)13)3-1-2-4-7(10)11/h5-6H,1-4H2,(H,10,11)(H,12,13). The minimum Gasteiger partial charge on any atom is -0.481 e. The lowest BCUT2D eigenvalue weighted by molar-refractivity contribution is -0.143. The first kappa shape index (κ1) is 11.6. The molecule has 0 aromatic heterocycles. The van der Waals surface area contributed by atoms with E-state index < -0.39 is 17.9 Å². The van der Waals surface area contributed by atoms with E-state index in [4.69, 9.17) is 10.2 Å². The summed E-state index contributed by atoms with van der Waals surface area (Å²) in [6, 6.07) is 0. The second kappa shape index (κ2) is 6.16. The van der Waals surface area contributed by atoms with Gasteiger partial charge >= 0.3 is 11.9 Å². The number of hydrogen-bond acceptors (Lipinski definition) is 3. The van der Waals surface area contributed by atoms with Crippen molar-refractivity contribution in [3.8, 4) is 0 Å². The van der Waals surface area contributed by atoms with Crippen LogP contribution in [0.5, 0.6) is 0 Å². The van der Waals surface area contributed by atoms with E-state index in [0.29, 0.717) is 19.1 Å². The summed E-state index contributed by atoms with van der Waals surface area (Å²) in [7, 11) is 0. The molecular weight excluding hydrogens is 176 g/mol. The van der Waals surface area contributed by atoms with Crippen molar-refractivity contribution in [1.29, 1.82) is 0 Å². The van der Waals surface area contributed by atoms with Gasteiger partial charge in [-0.15, -0.1) is 0 Å². The van der Waals surface area contributed by atoms with Crippen LogP contribution in [0.2, 0.25) is 0 Å². The zero-order valence-electron chi connectivity index (χ0n) is 7.10. The highest BCUT2D eigenvalue weighted by atomic mass is 16.4. The number of aliphatic carboxylic acids is 2. The van der Waals surface area contributed by atoms with Gasteiger partial charge in [0.2, 0.25) is 0 Å². The second-order valence-electron chi connectivity index (χ2n) is 2.72. The van der Waals surface area contributed by atoms with Crippen molar-refractivity contribution in [1.82, 2.24) is 0 Å². The van der Waals surface area contributed by atoms with Crippen molar-refractivity contribution in [2.75, 3.05) is 0 Å². The Morgan fingerprint density at radius 3 is 2.23 bits per heavy atom. The quantitative estimate of drug-likeness (QED) is 0.345. The minimum absolute atomic E-state index is 0.0190. The second-order valence-corrected chi connectivity index (χ2v) is 2.72. The molecule has 0 radical (unpaired) electrons. The van der Waals surface area contributed by atoms with Crippen LogP contribution < -0.4 is 0 Å². The molecule has 0 fully saturated rings. The molecule has 13 heavy (non-hydrogen) atoms. The third-order valence-electron chi connectivity index (χ3n) is 1.64. The molecule has 0 aliphatic carbocycles. The van der Waals surface area contributed by atoms with E-state index in [1.807, 2.05) is 0 Å². The fourth-order valence-electron chi connectivity index (χ4n) is 0.890. The third kappa shape index (κ3) is 5.84. The van der Waals surface area contributed by atoms with E-state index in [9.17, 15) is 14.4 Å². The SMILES string of the molecule is O=CC(CCCCC(=O)O)C(=O)O. The summed E-state index contributed by atoms with van der Waals surface area (Å²) in [5.41, 5.74) is 0. The Morgan fingerprint density at radius 2 is 1.85 bits per heavy atom. The van der Waals surface area contributed by atoms with Gasteiger partial charge in [-0.25, -0.2) is 0 Å². The van der Waals surface area contributed by atoms with Crippen molar-refractivity contribution in [2.24, 2.45) is 5.92 Å². The highest BCUT2D eigenvalue weighted by Gasteiger charge is 2.15. The molecule has 0 rings (SSSR count). The molecule has 1 unspecified atom stereocenters. The van der Waals surface area contributed by atoms with Gasteiger partial charge in [0.05, 0.1) is 0 Å². The number of rotatable bonds is 7. The molecule has 1 atom stereocenters. The van der Waals surface area contributed by atoms with Crippen molar-refractivity contribution < 1.29 is 24.6 Å². The predicted octanol–water partition coefficient (Wildman–Crippen LogP) is 0.531. The highest BCUT2D eigenvalue weighted by Crippen LogP contribution is 2.07. The van der Waals surface area contributed by atoms with Crippen LogP contribution in [0.15, 0.2) is 0 Å². The molecule has 0 aliphatic heterocycles. The summed E-state index contributed by atoms with van der Waals surface area (Å²) in [6.07, 6.45) is 1.47. The van der Waals surface area contributed by atoms with Crippen molar-refractivity contribution in [3.63, 3.8) is 0 Å². The fraction of sp³-hybridized carbons (Fsp3) is 0.625.